The highest BCUT2D eigenvalue weighted by Crippen LogP contribution is 2.28. The molecule has 3 aliphatic heterocycles. The molecule has 2 fully saturated rings. The van der Waals surface area contributed by atoms with E-state index in [-0.39, 0.29) is 11.8 Å². The minimum atomic E-state index is -0.202. The number of piperazine rings is 1. The van der Waals surface area contributed by atoms with Crippen molar-refractivity contribution in [1.82, 2.24) is 14.8 Å². The quantitative estimate of drug-likeness (QED) is 0.629. The number of benzene rings is 1. The van der Waals surface area contributed by atoms with E-state index < -0.39 is 0 Å². The maximum atomic E-state index is 13.0. The zero-order chi connectivity index (χ0) is 23.3. The van der Waals surface area contributed by atoms with Gasteiger partial charge in [0.1, 0.15) is 5.69 Å². The van der Waals surface area contributed by atoms with Crippen LogP contribution in [0.15, 0.2) is 41.8 Å². The number of para-hydroxylation sites is 2. The fourth-order valence-electron chi connectivity index (χ4n) is 4.43. The third-order valence-corrected chi connectivity index (χ3v) is 7.30. The Kier molecular flexibility index (Phi) is 7.08. The van der Waals surface area contributed by atoms with E-state index in [1.54, 1.807) is 0 Å². The maximum Gasteiger partial charge on any atom is 0.275 e. The first-order valence-corrected chi connectivity index (χ1v) is 12.6. The largest absolute Gasteiger partial charge is 0.378 e. The van der Waals surface area contributed by atoms with E-state index in [1.807, 2.05) is 46.7 Å². The Morgan fingerprint density at radius 2 is 1.71 bits per heavy atom. The summed E-state index contributed by atoms with van der Waals surface area (Å²) in [6.45, 7) is 8.09. The van der Waals surface area contributed by atoms with Crippen LogP contribution in [-0.4, -0.2) is 98.7 Å². The summed E-state index contributed by atoms with van der Waals surface area (Å²) in [7, 11) is 0. The van der Waals surface area contributed by atoms with E-state index in [2.05, 4.69) is 25.0 Å². The lowest BCUT2D eigenvalue weighted by Gasteiger charge is -2.37. The molecule has 180 valence electrons. The van der Waals surface area contributed by atoms with Gasteiger partial charge in [-0.05, 0) is 12.1 Å². The molecular weight excluding hydrogens is 452 g/mol. The summed E-state index contributed by atoms with van der Waals surface area (Å²) in [5, 5.41) is 5.73. The molecule has 0 bridgehead atoms. The van der Waals surface area contributed by atoms with Gasteiger partial charge in [0, 0.05) is 57.7 Å². The van der Waals surface area contributed by atoms with Crippen LogP contribution in [0.4, 0.5) is 16.5 Å². The van der Waals surface area contributed by atoms with Gasteiger partial charge in [-0.15, -0.1) is 11.3 Å². The van der Waals surface area contributed by atoms with Crippen LogP contribution in [0.1, 0.15) is 10.5 Å². The number of ether oxygens (including phenoxy) is 1. The molecule has 0 saturated carbocycles. The Labute approximate surface area is 203 Å². The predicted molar refractivity (Wildman–Crippen MR) is 134 cm³/mol. The number of anilines is 3. The summed E-state index contributed by atoms with van der Waals surface area (Å²) in [6, 6.07) is 7.88. The first-order chi connectivity index (χ1) is 16.7. The second-order valence-corrected chi connectivity index (χ2v) is 9.46. The van der Waals surface area contributed by atoms with Gasteiger partial charge in [-0.3, -0.25) is 14.5 Å². The molecule has 1 aromatic heterocycles. The van der Waals surface area contributed by atoms with Gasteiger partial charge in [0.25, 0.3) is 5.91 Å². The molecule has 4 heterocycles. The molecule has 34 heavy (non-hydrogen) atoms. The van der Waals surface area contributed by atoms with Gasteiger partial charge in [0.05, 0.1) is 31.1 Å². The molecule has 2 amide bonds. The topological polar surface area (TPSA) is 81.3 Å². The zero-order valence-electron chi connectivity index (χ0n) is 19.2. The second kappa shape index (κ2) is 10.5. The smallest absolute Gasteiger partial charge is 0.275 e. The van der Waals surface area contributed by atoms with Crippen molar-refractivity contribution in [3.05, 3.63) is 47.5 Å². The van der Waals surface area contributed by atoms with Crippen LogP contribution in [0, 0.1) is 0 Å². The van der Waals surface area contributed by atoms with Crippen molar-refractivity contribution >= 4 is 39.7 Å². The monoisotopic (exact) mass is 482 g/mol. The summed E-state index contributed by atoms with van der Waals surface area (Å²) >= 11 is 1.49. The van der Waals surface area contributed by atoms with Crippen molar-refractivity contribution in [3.63, 3.8) is 0 Å². The average Bonchev–Trinajstić information content (AvgIpc) is 3.59. The van der Waals surface area contributed by atoms with E-state index >= 15 is 0 Å². The Morgan fingerprint density at radius 3 is 2.47 bits per heavy atom. The first-order valence-electron chi connectivity index (χ1n) is 11.8. The van der Waals surface area contributed by atoms with Gasteiger partial charge < -0.3 is 24.8 Å². The van der Waals surface area contributed by atoms with Crippen LogP contribution >= 0.6 is 11.3 Å². The number of hydrogen-bond acceptors (Lipinski definition) is 8. The van der Waals surface area contributed by atoms with Gasteiger partial charge in [-0.25, -0.2) is 4.98 Å². The number of rotatable bonds is 6. The van der Waals surface area contributed by atoms with Crippen LogP contribution in [-0.2, 0) is 9.53 Å². The fraction of sp³-hybridized carbons (Fsp3) is 0.458. The SMILES string of the molecule is O=C(Nc1ccccc1N1CCN(CC(=O)N2CC=CC2)CC1)c1csc(N2CCOCC2)n1. The zero-order valence-corrected chi connectivity index (χ0v) is 20.0. The number of amides is 2. The standard InChI is InChI=1S/C24H30N6O3S/c31-22(29-7-3-4-8-29)17-27-9-11-28(12-10-27)21-6-2-1-5-19(21)25-23(32)20-18-34-24(26-20)30-13-15-33-16-14-30/h1-6,18H,7-17H2,(H,25,32). The normalized spacial score (nSPS) is 19.0. The van der Waals surface area contributed by atoms with Crippen molar-refractivity contribution in [2.75, 3.05) is 87.2 Å². The molecule has 2 saturated heterocycles. The second-order valence-electron chi connectivity index (χ2n) is 8.62. The van der Waals surface area contributed by atoms with Crippen molar-refractivity contribution in [2.45, 2.75) is 0 Å². The fourth-order valence-corrected chi connectivity index (χ4v) is 5.29. The molecule has 0 atom stereocenters. The predicted octanol–water partition coefficient (Wildman–Crippen LogP) is 1.75. The van der Waals surface area contributed by atoms with Crippen LogP contribution in [0.2, 0.25) is 0 Å². The van der Waals surface area contributed by atoms with E-state index in [4.69, 9.17) is 4.74 Å². The van der Waals surface area contributed by atoms with Crippen molar-refractivity contribution < 1.29 is 14.3 Å². The van der Waals surface area contributed by atoms with Gasteiger partial charge in [-0.1, -0.05) is 24.3 Å². The first kappa shape index (κ1) is 22.8. The summed E-state index contributed by atoms with van der Waals surface area (Å²) in [5.41, 5.74) is 2.20. The molecular formula is C24H30N6O3S. The third-order valence-electron chi connectivity index (χ3n) is 6.40. The van der Waals surface area contributed by atoms with Crippen LogP contribution in [0.5, 0.6) is 0 Å². The molecule has 2 aromatic rings. The third kappa shape index (κ3) is 5.24. The van der Waals surface area contributed by atoms with Crippen LogP contribution in [0.3, 0.4) is 0 Å². The van der Waals surface area contributed by atoms with Crippen molar-refractivity contribution in [1.29, 1.82) is 0 Å². The number of thiazole rings is 1. The summed E-state index contributed by atoms with van der Waals surface area (Å²) in [6.07, 6.45) is 4.08. The van der Waals surface area contributed by atoms with E-state index in [1.165, 1.54) is 11.3 Å². The highest BCUT2D eigenvalue weighted by Gasteiger charge is 2.24. The van der Waals surface area contributed by atoms with Crippen LogP contribution < -0.4 is 15.1 Å². The summed E-state index contributed by atoms with van der Waals surface area (Å²) in [4.78, 5) is 38.5. The molecule has 1 N–H and O–H groups in total. The summed E-state index contributed by atoms with van der Waals surface area (Å²) in [5.74, 6) is -0.0162. The minimum Gasteiger partial charge on any atom is -0.378 e. The number of carbonyl (C=O) groups excluding carboxylic acids is 2. The van der Waals surface area contributed by atoms with E-state index in [9.17, 15) is 9.59 Å². The number of nitrogens with one attached hydrogen (secondary N) is 1. The maximum absolute atomic E-state index is 13.0. The number of hydrogen-bond donors (Lipinski definition) is 1. The van der Waals surface area contributed by atoms with Gasteiger partial charge in [0.2, 0.25) is 5.91 Å². The lowest BCUT2D eigenvalue weighted by Crippen LogP contribution is -2.50. The number of aromatic nitrogens is 1. The number of morpholine rings is 1. The Hall–Kier alpha value is -2.95. The highest BCUT2D eigenvalue weighted by atomic mass is 32.1. The molecule has 0 radical (unpaired) electrons. The molecule has 10 heteroatoms. The summed E-state index contributed by atoms with van der Waals surface area (Å²) < 4.78 is 5.40. The van der Waals surface area contributed by atoms with Gasteiger partial charge in [0.15, 0.2) is 5.13 Å². The average molecular weight is 483 g/mol. The molecule has 3 aliphatic rings. The van der Waals surface area contributed by atoms with Gasteiger partial charge >= 0.3 is 0 Å². The molecule has 9 nitrogen and oxygen atoms in total. The molecule has 0 aliphatic carbocycles. The molecule has 0 unspecified atom stereocenters. The Balaban J connectivity index is 1.18. The number of carbonyl (C=O) groups is 2. The molecule has 1 aromatic carbocycles. The Morgan fingerprint density at radius 1 is 0.971 bits per heavy atom. The lowest BCUT2D eigenvalue weighted by molar-refractivity contribution is -0.131. The van der Waals surface area contributed by atoms with Crippen molar-refractivity contribution in [3.8, 4) is 0 Å². The molecule has 5 rings (SSSR count). The highest BCUT2D eigenvalue weighted by molar-refractivity contribution is 7.14. The Bertz CT molecular complexity index is 1030. The van der Waals surface area contributed by atoms with Gasteiger partial charge in [-0.2, -0.15) is 0 Å². The van der Waals surface area contributed by atoms with Crippen LogP contribution in [0.25, 0.3) is 0 Å². The van der Waals surface area contributed by atoms with E-state index in [0.717, 1.165) is 68.9 Å². The number of nitrogens with zero attached hydrogens (tertiary/aromatic N) is 5. The lowest BCUT2D eigenvalue weighted by atomic mass is 10.2. The molecule has 0 spiro atoms. The minimum absolute atomic E-state index is 0.186. The van der Waals surface area contributed by atoms with E-state index in [0.29, 0.717) is 25.5 Å². The van der Waals surface area contributed by atoms with Crippen molar-refractivity contribution in [2.24, 2.45) is 0 Å².